The van der Waals surface area contributed by atoms with E-state index in [1.54, 1.807) is 0 Å². The van der Waals surface area contributed by atoms with Gasteiger partial charge in [-0.2, -0.15) is 0 Å². The molecule has 2 N–H and O–H groups in total. The predicted molar refractivity (Wildman–Crippen MR) is 242 cm³/mol. The molecule has 4 aliphatic heterocycles. The highest BCUT2D eigenvalue weighted by molar-refractivity contribution is 5.98. The molecule has 0 spiro atoms. The molecule has 9 rings (SSSR count). The van der Waals surface area contributed by atoms with Gasteiger partial charge in [0.25, 0.3) is 0 Å². The highest BCUT2D eigenvalue weighted by Crippen LogP contribution is 2.44. The number of hydrogen-bond donors (Lipinski definition) is 2. The van der Waals surface area contributed by atoms with E-state index in [1.807, 2.05) is 24.3 Å². The van der Waals surface area contributed by atoms with Crippen molar-refractivity contribution in [1.29, 1.82) is 0 Å². The van der Waals surface area contributed by atoms with Crippen molar-refractivity contribution in [2.45, 2.75) is 81.1 Å². The first kappa shape index (κ1) is 41.2. The number of ether oxygens (including phenoxy) is 6. The van der Waals surface area contributed by atoms with Gasteiger partial charge in [-0.25, -0.2) is 9.97 Å². The minimum absolute atomic E-state index is 0.324. The summed E-state index contributed by atoms with van der Waals surface area (Å²) in [7, 11) is 0. The Morgan fingerprint density at radius 3 is 1.33 bits per heavy atom. The molecule has 2 aromatic carbocycles. The second kappa shape index (κ2) is 18.0. The van der Waals surface area contributed by atoms with Crippen LogP contribution in [0.25, 0.3) is 55.1 Å². The molecule has 0 aliphatic carbocycles. The van der Waals surface area contributed by atoms with Crippen molar-refractivity contribution in [1.82, 2.24) is 19.9 Å². The van der Waals surface area contributed by atoms with Gasteiger partial charge >= 0.3 is 0 Å². The summed E-state index contributed by atoms with van der Waals surface area (Å²) in [5, 5.41) is 1.96. The van der Waals surface area contributed by atoms with E-state index >= 15 is 0 Å². The Morgan fingerprint density at radius 2 is 0.917 bits per heavy atom. The number of hydrogen-bond acceptors (Lipinski definition) is 8. The zero-order chi connectivity index (χ0) is 41.9. The maximum absolute atomic E-state index is 6.83. The van der Waals surface area contributed by atoms with E-state index in [2.05, 4.69) is 89.6 Å². The normalized spacial score (nSPS) is 15.7. The predicted octanol–water partition coefficient (Wildman–Crippen LogP) is 11.2. The van der Waals surface area contributed by atoms with Crippen molar-refractivity contribution in [3.63, 3.8) is 0 Å². The molecule has 14 bridgehead atoms. The molecule has 10 heteroatoms. The number of aromatic nitrogens is 4. The molecular weight excluding hydrogens is 753 g/mol. The van der Waals surface area contributed by atoms with Crippen LogP contribution in [0.5, 0.6) is 23.0 Å². The Hall–Kier alpha value is -5.58. The van der Waals surface area contributed by atoms with Gasteiger partial charge in [-0.1, -0.05) is 52.0 Å². The lowest BCUT2D eigenvalue weighted by Crippen LogP contribution is -2.13. The number of benzene rings is 2. The van der Waals surface area contributed by atoms with E-state index in [9.17, 15) is 0 Å². The molecule has 5 aromatic rings. The van der Waals surface area contributed by atoms with E-state index in [1.165, 1.54) is 22.3 Å². The smallest absolute Gasteiger partial charge is 0.171 e. The van der Waals surface area contributed by atoms with Gasteiger partial charge in [0, 0.05) is 21.8 Å². The molecule has 0 fully saturated rings. The Bertz CT molecular complexity index is 2540. The van der Waals surface area contributed by atoms with E-state index in [0.717, 1.165) is 121 Å². The van der Waals surface area contributed by atoms with Gasteiger partial charge in [-0.15, -0.1) is 0 Å². The molecular formula is C50H58N4O6. The van der Waals surface area contributed by atoms with Crippen molar-refractivity contribution in [3.05, 3.63) is 93.6 Å². The van der Waals surface area contributed by atoms with Gasteiger partial charge in [0.2, 0.25) is 0 Å². The number of allylic oxidation sites excluding steroid dienone is 4. The summed E-state index contributed by atoms with van der Waals surface area (Å²) in [6, 6.07) is 16.4. The van der Waals surface area contributed by atoms with Crippen molar-refractivity contribution in [2.24, 2.45) is 0 Å². The Morgan fingerprint density at radius 1 is 0.500 bits per heavy atom. The van der Waals surface area contributed by atoms with E-state index in [4.69, 9.17) is 38.4 Å². The van der Waals surface area contributed by atoms with E-state index in [0.29, 0.717) is 58.6 Å². The molecule has 3 aromatic heterocycles. The van der Waals surface area contributed by atoms with Crippen molar-refractivity contribution >= 4 is 55.1 Å². The average Bonchev–Trinajstić information content (AvgIpc) is 3.94. The third kappa shape index (κ3) is 7.67. The summed E-state index contributed by atoms with van der Waals surface area (Å²) in [6.07, 6.45) is 3.30. The Balaban J connectivity index is 1.33. The zero-order valence-corrected chi connectivity index (χ0v) is 36.4. The molecule has 314 valence electrons. The van der Waals surface area contributed by atoms with Crippen LogP contribution in [0.2, 0.25) is 0 Å². The summed E-state index contributed by atoms with van der Waals surface area (Å²) in [5.41, 5.74) is 16.7. The number of fused-ring (bicyclic) bond motifs is 12. The first-order valence-electron chi connectivity index (χ1n) is 21.7. The number of aryl methyl sites for hydroxylation is 4. The molecule has 0 unspecified atom stereocenters. The van der Waals surface area contributed by atoms with Crippen LogP contribution in [0.4, 0.5) is 0 Å². The Labute approximate surface area is 353 Å². The van der Waals surface area contributed by atoms with Gasteiger partial charge in [-0.3, -0.25) is 0 Å². The minimum Gasteiger partial charge on any atom is -0.491 e. The van der Waals surface area contributed by atoms with Crippen LogP contribution in [0.3, 0.4) is 0 Å². The zero-order valence-electron chi connectivity index (χ0n) is 36.4. The quantitative estimate of drug-likeness (QED) is 0.173. The maximum Gasteiger partial charge on any atom is 0.171 e. The van der Waals surface area contributed by atoms with Crippen molar-refractivity contribution in [3.8, 4) is 23.0 Å². The largest absolute Gasteiger partial charge is 0.491 e. The number of nitrogens with one attached hydrogen (secondary N) is 2. The SMILES string of the molecule is CCC1=C(C)c2nc1cc1[nH]c(c(C)c1CC)c1c3[nH]c(cc4nc(c2OCCOCCOc2cccc5c(cccc25)OCCOCCO1)C(C)=C4CC)c(CC)c3C. The van der Waals surface area contributed by atoms with Gasteiger partial charge in [0.1, 0.15) is 49.3 Å². The molecule has 0 saturated heterocycles. The maximum atomic E-state index is 6.83. The van der Waals surface area contributed by atoms with Crippen LogP contribution in [0, 0.1) is 13.8 Å². The molecule has 4 aliphatic rings. The molecule has 7 heterocycles. The lowest BCUT2D eigenvalue weighted by atomic mass is 10.0. The molecule has 0 radical (unpaired) electrons. The number of rotatable bonds is 4. The second-order valence-corrected chi connectivity index (χ2v) is 15.5. The number of nitrogens with zero attached hydrogens (tertiary/aromatic N) is 2. The lowest BCUT2D eigenvalue weighted by molar-refractivity contribution is 0.0764. The van der Waals surface area contributed by atoms with Gasteiger partial charge in [0.05, 0.1) is 48.8 Å². The minimum atomic E-state index is 0.324. The van der Waals surface area contributed by atoms with E-state index in [-0.39, 0.29) is 0 Å². The summed E-state index contributed by atoms with van der Waals surface area (Å²) >= 11 is 0. The summed E-state index contributed by atoms with van der Waals surface area (Å²) in [5.74, 6) is 3.01. The number of aromatic amines is 2. The van der Waals surface area contributed by atoms with Gasteiger partial charge in [-0.05, 0) is 122 Å². The third-order valence-corrected chi connectivity index (χ3v) is 12.1. The fraction of sp³-hybridized carbons (Fsp3) is 0.400. The first-order chi connectivity index (χ1) is 29.3. The average molecular weight is 811 g/mol. The van der Waals surface area contributed by atoms with E-state index < -0.39 is 0 Å². The fourth-order valence-electron chi connectivity index (χ4n) is 9.04. The topological polar surface area (TPSA) is 113 Å². The molecule has 10 nitrogen and oxygen atoms in total. The number of H-pyrrole nitrogens is 2. The van der Waals surface area contributed by atoms with Crippen LogP contribution < -0.4 is 18.9 Å². The highest BCUT2D eigenvalue weighted by Gasteiger charge is 2.27. The van der Waals surface area contributed by atoms with Crippen LogP contribution in [-0.2, 0) is 22.3 Å². The molecule has 0 atom stereocenters. The monoisotopic (exact) mass is 810 g/mol. The second-order valence-electron chi connectivity index (χ2n) is 15.5. The van der Waals surface area contributed by atoms with Gasteiger partial charge < -0.3 is 38.4 Å². The van der Waals surface area contributed by atoms with Crippen LogP contribution >= 0.6 is 0 Å². The molecule has 0 amide bonds. The fourth-order valence-corrected chi connectivity index (χ4v) is 9.04. The first-order valence-corrected chi connectivity index (χ1v) is 21.7. The van der Waals surface area contributed by atoms with Crippen molar-refractivity contribution < 1.29 is 28.4 Å². The third-order valence-electron chi connectivity index (χ3n) is 12.1. The standard InChI is InChI=1S/C50H58N4O6/c1-9-33-29(5)45-49-46-31(7)35(11-3)41(53-46)28-42-36(12-4)32(8)48(54-42)50(47-30(6)34(10-2)40(52-47)27-39(33)51-45)60-26-22-56-20-24-58-44-18-14-15-37-38(44)16-13-17-43(37)57-23-19-55-21-25-59-49/h13-18,27-28,51,53H,9-12,19-26H2,1-8H3. The van der Waals surface area contributed by atoms with Crippen LogP contribution in [0.15, 0.2) is 48.5 Å². The van der Waals surface area contributed by atoms with Gasteiger partial charge in [0.15, 0.2) is 11.5 Å². The molecule has 60 heavy (non-hydrogen) atoms. The summed E-state index contributed by atoms with van der Waals surface area (Å²) in [6.45, 7) is 20.5. The molecule has 0 saturated carbocycles. The lowest BCUT2D eigenvalue weighted by Gasteiger charge is -2.14. The summed E-state index contributed by atoms with van der Waals surface area (Å²) in [4.78, 5) is 18.4. The highest BCUT2D eigenvalue weighted by atomic mass is 16.6. The van der Waals surface area contributed by atoms with Crippen LogP contribution in [-0.4, -0.2) is 72.8 Å². The van der Waals surface area contributed by atoms with Crippen LogP contribution in [0.1, 0.15) is 99.4 Å². The van der Waals surface area contributed by atoms with Crippen molar-refractivity contribution in [2.75, 3.05) is 52.9 Å². The summed E-state index contributed by atoms with van der Waals surface area (Å²) < 4.78 is 38.3. The Kier molecular flexibility index (Phi) is 12.3.